The molecule has 0 atom stereocenters. The SMILES string of the molecule is O=C(Nc1ccc(Br)cc1C(=O)O)c1csc(S(=O)(=O)N2CCc3ccccc32)c1. The summed E-state index contributed by atoms with van der Waals surface area (Å²) in [5.74, 6) is -1.77. The third kappa shape index (κ3) is 3.73. The van der Waals surface area contributed by atoms with Gasteiger partial charge in [0.15, 0.2) is 0 Å². The highest BCUT2D eigenvalue weighted by Gasteiger charge is 2.32. The summed E-state index contributed by atoms with van der Waals surface area (Å²) in [7, 11) is -3.79. The molecule has 2 heterocycles. The van der Waals surface area contributed by atoms with Crippen LogP contribution in [0, 0.1) is 0 Å². The number of carbonyl (C=O) groups is 2. The van der Waals surface area contributed by atoms with Gasteiger partial charge in [0, 0.05) is 16.4 Å². The van der Waals surface area contributed by atoms with E-state index in [-0.39, 0.29) is 21.0 Å². The summed E-state index contributed by atoms with van der Waals surface area (Å²) in [6, 6.07) is 13.1. The topological polar surface area (TPSA) is 104 Å². The molecular formula is C20H15BrN2O5S2. The zero-order valence-electron chi connectivity index (χ0n) is 15.3. The standard InChI is InChI=1S/C20H15BrN2O5S2/c21-14-5-6-16(15(10-14)20(25)26)22-19(24)13-9-18(29-11-13)30(27,28)23-8-7-12-3-1-2-4-17(12)23/h1-6,9-11H,7-8H2,(H,22,24)(H,25,26). The minimum atomic E-state index is -3.79. The van der Waals surface area contributed by atoms with Crippen molar-refractivity contribution in [2.45, 2.75) is 10.6 Å². The molecule has 0 aliphatic carbocycles. The number of amides is 1. The van der Waals surface area contributed by atoms with Crippen LogP contribution in [0.25, 0.3) is 0 Å². The lowest BCUT2D eigenvalue weighted by Gasteiger charge is -2.18. The monoisotopic (exact) mass is 506 g/mol. The van der Waals surface area contributed by atoms with Crippen molar-refractivity contribution in [1.29, 1.82) is 0 Å². The Morgan fingerprint density at radius 3 is 2.67 bits per heavy atom. The normalized spacial score (nSPS) is 13.2. The Balaban J connectivity index is 1.59. The maximum Gasteiger partial charge on any atom is 0.337 e. The molecule has 2 N–H and O–H groups in total. The van der Waals surface area contributed by atoms with Crippen molar-refractivity contribution in [3.63, 3.8) is 0 Å². The summed E-state index contributed by atoms with van der Waals surface area (Å²) in [6.45, 7) is 0.349. The van der Waals surface area contributed by atoms with Gasteiger partial charge in [-0.2, -0.15) is 0 Å². The van der Waals surface area contributed by atoms with Crippen LogP contribution in [0.1, 0.15) is 26.3 Å². The smallest absolute Gasteiger partial charge is 0.337 e. The van der Waals surface area contributed by atoms with Gasteiger partial charge in [0.2, 0.25) is 0 Å². The maximum atomic E-state index is 13.1. The molecule has 0 saturated carbocycles. The number of fused-ring (bicyclic) bond motifs is 1. The van der Waals surface area contributed by atoms with Gasteiger partial charge < -0.3 is 10.4 Å². The zero-order valence-corrected chi connectivity index (χ0v) is 18.6. The second-order valence-electron chi connectivity index (χ2n) is 6.56. The van der Waals surface area contributed by atoms with Crippen molar-refractivity contribution >= 4 is 60.5 Å². The number of aromatic carboxylic acids is 1. The van der Waals surface area contributed by atoms with E-state index in [0.29, 0.717) is 23.1 Å². The van der Waals surface area contributed by atoms with Crippen molar-refractivity contribution < 1.29 is 23.1 Å². The predicted octanol–water partition coefficient (Wildman–Crippen LogP) is 4.21. The molecule has 1 amide bonds. The molecule has 2 aromatic carbocycles. The van der Waals surface area contributed by atoms with Crippen LogP contribution in [-0.2, 0) is 16.4 Å². The molecule has 0 unspecified atom stereocenters. The van der Waals surface area contributed by atoms with Gasteiger partial charge in [-0.25, -0.2) is 13.2 Å². The van der Waals surface area contributed by atoms with Crippen LogP contribution in [-0.4, -0.2) is 31.9 Å². The third-order valence-corrected chi connectivity index (χ3v) is 8.41. The number of nitrogens with one attached hydrogen (secondary N) is 1. The van der Waals surface area contributed by atoms with Gasteiger partial charge in [0.05, 0.1) is 22.5 Å². The van der Waals surface area contributed by atoms with Gasteiger partial charge in [-0.15, -0.1) is 11.3 Å². The fraction of sp³-hybridized carbons (Fsp3) is 0.100. The molecule has 0 saturated heterocycles. The zero-order chi connectivity index (χ0) is 21.5. The molecule has 1 aromatic heterocycles. The van der Waals surface area contributed by atoms with E-state index in [2.05, 4.69) is 21.2 Å². The molecular weight excluding hydrogens is 492 g/mol. The van der Waals surface area contributed by atoms with Gasteiger partial charge in [-0.05, 0) is 42.3 Å². The number of thiophene rings is 1. The Kier molecular flexibility index (Phi) is 5.39. The largest absolute Gasteiger partial charge is 0.478 e. The number of rotatable bonds is 5. The second kappa shape index (κ2) is 7.86. The first-order chi connectivity index (χ1) is 14.3. The molecule has 0 radical (unpaired) electrons. The Labute approximate surface area is 185 Å². The summed E-state index contributed by atoms with van der Waals surface area (Å²) >= 11 is 4.15. The average Bonchev–Trinajstić information content (AvgIpc) is 3.37. The summed E-state index contributed by atoms with van der Waals surface area (Å²) in [5.41, 5.74) is 1.81. The molecule has 4 rings (SSSR count). The molecule has 7 nitrogen and oxygen atoms in total. The van der Waals surface area contributed by atoms with E-state index in [1.54, 1.807) is 18.2 Å². The lowest BCUT2D eigenvalue weighted by Crippen LogP contribution is -2.28. The van der Waals surface area contributed by atoms with Crippen LogP contribution in [0.15, 0.2) is 62.6 Å². The average molecular weight is 507 g/mol. The first-order valence-corrected chi connectivity index (χ1v) is 11.9. The van der Waals surface area contributed by atoms with Gasteiger partial charge >= 0.3 is 5.97 Å². The van der Waals surface area contributed by atoms with Crippen LogP contribution in [0.5, 0.6) is 0 Å². The summed E-state index contributed by atoms with van der Waals surface area (Å²) in [6.07, 6.45) is 0.635. The molecule has 1 aliphatic rings. The summed E-state index contributed by atoms with van der Waals surface area (Å²) < 4.78 is 28.2. The van der Waals surface area contributed by atoms with E-state index in [4.69, 9.17) is 0 Å². The predicted molar refractivity (Wildman–Crippen MR) is 118 cm³/mol. The molecule has 10 heteroatoms. The molecule has 3 aromatic rings. The van der Waals surface area contributed by atoms with Crippen molar-refractivity contribution in [2.75, 3.05) is 16.2 Å². The maximum absolute atomic E-state index is 13.1. The fourth-order valence-electron chi connectivity index (χ4n) is 3.23. The van der Waals surface area contributed by atoms with Crippen LogP contribution in [0.3, 0.4) is 0 Å². The molecule has 1 aliphatic heterocycles. The van der Waals surface area contributed by atoms with E-state index >= 15 is 0 Å². The first kappa shape index (κ1) is 20.6. The van der Waals surface area contributed by atoms with E-state index in [1.807, 2.05) is 12.1 Å². The number of para-hydroxylation sites is 1. The number of carboxylic acids is 1. The van der Waals surface area contributed by atoms with Crippen LogP contribution in [0.4, 0.5) is 11.4 Å². The van der Waals surface area contributed by atoms with Crippen molar-refractivity contribution in [3.8, 4) is 0 Å². The highest BCUT2D eigenvalue weighted by molar-refractivity contribution is 9.10. The lowest BCUT2D eigenvalue weighted by molar-refractivity contribution is 0.0698. The lowest BCUT2D eigenvalue weighted by atomic mass is 10.1. The number of benzene rings is 2. The number of nitrogens with zero attached hydrogens (tertiary/aromatic N) is 1. The molecule has 0 fully saturated rings. The minimum absolute atomic E-state index is 0.0543. The number of carbonyl (C=O) groups excluding carboxylic acids is 1. The van der Waals surface area contributed by atoms with Crippen LogP contribution < -0.4 is 9.62 Å². The van der Waals surface area contributed by atoms with E-state index in [0.717, 1.165) is 16.9 Å². The van der Waals surface area contributed by atoms with Gasteiger partial charge in [0.25, 0.3) is 15.9 Å². The number of sulfonamides is 1. The second-order valence-corrected chi connectivity index (χ2v) is 10.5. The number of hydrogen-bond acceptors (Lipinski definition) is 5. The molecule has 30 heavy (non-hydrogen) atoms. The highest BCUT2D eigenvalue weighted by atomic mass is 79.9. The molecule has 0 spiro atoms. The Bertz CT molecular complexity index is 1270. The van der Waals surface area contributed by atoms with Gasteiger partial charge in [-0.3, -0.25) is 9.10 Å². The fourth-order valence-corrected chi connectivity index (χ4v) is 6.37. The third-order valence-electron chi connectivity index (χ3n) is 4.69. The highest BCUT2D eigenvalue weighted by Crippen LogP contribution is 2.34. The van der Waals surface area contributed by atoms with E-state index in [1.165, 1.54) is 27.9 Å². The molecule has 154 valence electrons. The van der Waals surface area contributed by atoms with E-state index in [9.17, 15) is 23.1 Å². The van der Waals surface area contributed by atoms with Crippen LogP contribution in [0.2, 0.25) is 0 Å². The first-order valence-electron chi connectivity index (χ1n) is 8.81. The summed E-state index contributed by atoms with van der Waals surface area (Å²) in [5, 5.41) is 13.3. The van der Waals surface area contributed by atoms with Gasteiger partial charge in [-0.1, -0.05) is 34.1 Å². The van der Waals surface area contributed by atoms with Crippen LogP contribution >= 0.6 is 27.3 Å². The number of halogens is 1. The Hall–Kier alpha value is -2.69. The Morgan fingerprint density at radius 1 is 1.13 bits per heavy atom. The van der Waals surface area contributed by atoms with Crippen molar-refractivity contribution in [2.24, 2.45) is 0 Å². The molecule has 0 bridgehead atoms. The summed E-state index contributed by atoms with van der Waals surface area (Å²) in [4.78, 5) is 24.0. The van der Waals surface area contributed by atoms with Crippen molar-refractivity contribution in [3.05, 3.63) is 75.1 Å². The number of anilines is 2. The van der Waals surface area contributed by atoms with Gasteiger partial charge in [0.1, 0.15) is 4.21 Å². The minimum Gasteiger partial charge on any atom is -0.478 e. The quantitative estimate of drug-likeness (QED) is 0.539. The number of carboxylic acid groups (broad SMARTS) is 1. The number of hydrogen-bond donors (Lipinski definition) is 2. The van der Waals surface area contributed by atoms with Crippen molar-refractivity contribution in [1.82, 2.24) is 0 Å². The van der Waals surface area contributed by atoms with E-state index < -0.39 is 21.9 Å². The Morgan fingerprint density at radius 2 is 1.90 bits per heavy atom.